The van der Waals surface area contributed by atoms with E-state index in [1.165, 1.54) is 6.33 Å². The molecule has 0 spiro atoms. The number of nitrogens with zero attached hydrogens (tertiary/aromatic N) is 6. The Morgan fingerprint density at radius 3 is 3.08 bits per heavy atom. The molecule has 3 aromatic rings. The SMILES string of the molecule is CCC1c2nccn2CCCN1C(=O)c1ccc(Cn2cncn2)o1. The van der Waals surface area contributed by atoms with Crippen molar-refractivity contribution in [3.8, 4) is 0 Å². The second kappa shape index (κ2) is 6.54. The van der Waals surface area contributed by atoms with E-state index in [4.69, 9.17) is 4.42 Å². The molecule has 130 valence electrons. The quantitative estimate of drug-likeness (QED) is 0.726. The molecule has 1 amide bonds. The van der Waals surface area contributed by atoms with Gasteiger partial charge < -0.3 is 13.9 Å². The summed E-state index contributed by atoms with van der Waals surface area (Å²) in [6.45, 7) is 4.10. The molecule has 1 aliphatic rings. The number of amides is 1. The molecule has 0 N–H and O–H groups in total. The van der Waals surface area contributed by atoms with Crippen LogP contribution in [0.4, 0.5) is 0 Å². The number of hydrogen-bond donors (Lipinski definition) is 0. The highest BCUT2D eigenvalue weighted by atomic mass is 16.4. The number of aryl methyl sites for hydroxylation is 1. The van der Waals surface area contributed by atoms with Crippen LogP contribution in [0.25, 0.3) is 0 Å². The minimum Gasteiger partial charge on any atom is -0.454 e. The smallest absolute Gasteiger partial charge is 0.290 e. The van der Waals surface area contributed by atoms with Crippen LogP contribution in [-0.2, 0) is 13.1 Å². The van der Waals surface area contributed by atoms with E-state index in [0.717, 1.165) is 25.2 Å². The van der Waals surface area contributed by atoms with Crippen molar-refractivity contribution in [1.29, 1.82) is 0 Å². The van der Waals surface area contributed by atoms with Crippen LogP contribution < -0.4 is 0 Å². The highest BCUT2D eigenvalue weighted by molar-refractivity contribution is 5.91. The second-order valence-electron chi connectivity index (χ2n) is 6.11. The molecule has 8 heteroatoms. The van der Waals surface area contributed by atoms with Crippen molar-refractivity contribution in [2.24, 2.45) is 0 Å². The number of carbonyl (C=O) groups excluding carboxylic acids is 1. The molecular formula is C17H20N6O2. The summed E-state index contributed by atoms with van der Waals surface area (Å²) in [5.74, 6) is 1.89. The van der Waals surface area contributed by atoms with Gasteiger partial charge in [-0.25, -0.2) is 14.6 Å². The lowest BCUT2D eigenvalue weighted by Gasteiger charge is -2.27. The Morgan fingerprint density at radius 1 is 1.36 bits per heavy atom. The van der Waals surface area contributed by atoms with Gasteiger partial charge in [-0.3, -0.25) is 4.79 Å². The largest absolute Gasteiger partial charge is 0.454 e. The molecule has 4 rings (SSSR count). The molecule has 0 saturated heterocycles. The van der Waals surface area contributed by atoms with Gasteiger partial charge in [0.2, 0.25) is 0 Å². The molecule has 4 heterocycles. The number of carbonyl (C=O) groups is 1. The molecule has 0 aromatic carbocycles. The van der Waals surface area contributed by atoms with Crippen molar-refractivity contribution in [2.45, 2.75) is 38.9 Å². The first-order valence-corrected chi connectivity index (χ1v) is 8.49. The fourth-order valence-electron chi connectivity index (χ4n) is 3.35. The Hall–Kier alpha value is -2.90. The first-order chi connectivity index (χ1) is 12.3. The zero-order chi connectivity index (χ0) is 17.2. The zero-order valence-corrected chi connectivity index (χ0v) is 14.1. The van der Waals surface area contributed by atoms with E-state index in [1.807, 2.05) is 17.2 Å². The van der Waals surface area contributed by atoms with Crippen LogP contribution in [0.15, 0.2) is 41.6 Å². The third kappa shape index (κ3) is 2.95. The van der Waals surface area contributed by atoms with Gasteiger partial charge in [0.15, 0.2) is 5.76 Å². The first-order valence-electron chi connectivity index (χ1n) is 8.49. The second-order valence-corrected chi connectivity index (χ2v) is 6.11. The van der Waals surface area contributed by atoms with Crippen LogP contribution in [0.3, 0.4) is 0 Å². The Balaban J connectivity index is 1.56. The van der Waals surface area contributed by atoms with Crippen molar-refractivity contribution >= 4 is 5.91 Å². The van der Waals surface area contributed by atoms with Crippen LogP contribution in [-0.4, -0.2) is 41.7 Å². The summed E-state index contributed by atoms with van der Waals surface area (Å²) in [5, 5.41) is 4.05. The van der Waals surface area contributed by atoms with Crippen molar-refractivity contribution in [1.82, 2.24) is 29.2 Å². The summed E-state index contributed by atoms with van der Waals surface area (Å²) in [7, 11) is 0. The molecule has 3 aromatic heterocycles. The predicted molar refractivity (Wildman–Crippen MR) is 88.7 cm³/mol. The van der Waals surface area contributed by atoms with Gasteiger partial charge >= 0.3 is 0 Å². The fourth-order valence-corrected chi connectivity index (χ4v) is 3.35. The van der Waals surface area contributed by atoms with E-state index >= 15 is 0 Å². The molecule has 1 atom stereocenters. The van der Waals surface area contributed by atoms with Gasteiger partial charge in [0.25, 0.3) is 5.91 Å². The van der Waals surface area contributed by atoms with Crippen LogP contribution in [0.1, 0.15) is 47.9 Å². The first kappa shape index (κ1) is 15.6. The van der Waals surface area contributed by atoms with Crippen molar-refractivity contribution in [2.75, 3.05) is 6.54 Å². The van der Waals surface area contributed by atoms with Gasteiger partial charge in [-0.15, -0.1) is 0 Å². The molecule has 8 nitrogen and oxygen atoms in total. The Morgan fingerprint density at radius 2 is 2.28 bits per heavy atom. The van der Waals surface area contributed by atoms with E-state index in [0.29, 0.717) is 24.6 Å². The highest BCUT2D eigenvalue weighted by Crippen LogP contribution is 2.28. The summed E-state index contributed by atoms with van der Waals surface area (Å²) >= 11 is 0. The van der Waals surface area contributed by atoms with Gasteiger partial charge in [-0.05, 0) is 25.0 Å². The monoisotopic (exact) mass is 340 g/mol. The minimum atomic E-state index is -0.0897. The lowest BCUT2D eigenvalue weighted by Crippen LogP contribution is -2.35. The van der Waals surface area contributed by atoms with Crippen molar-refractivity contribution in [3.63, 3.8) is 0 Å². The van der Waals surface area contributed by atoms with Crippen molar-refractivity contribution < 1.29 is 9.21 Å². The topological polar surface area (TPSA) is 82.0 Å². The van der Waals surface area contributed by atoms with Gasteiger partial charge in [0, 0.05) is 25.5 Å². The van der Waals surface area contributed by atoms with Crippen LogP contribution >= 0.6 is 0 Å². The zero-order valence-electron chi connectivity index (χ0n) is 14.1. The Bertz CT molecular complexity index is 850. The minimum absolute atomic E-state index is 0.0335. The molecule has 0 radical (unpaired) electrons. The fraction of sp³-hybridized carbons (Fsp3) is 0.412. The van der Waals surface area contributed by atoms with E-state index in [9.17, 15) is 4.79 Å². The maximum absolute atomic E-state index is 13.0. The number of fused-ring (bicyclic) bond motifs is 1. The average molecular weight is 340 g/mol. The third-order valence-corrected chi connectivity index (χ3v) is 4.52. The third-order valence-electron chi connectivity index (χ3n) is 4.52. The molecule has 0 saturated carbocycles. The number of rotatable bonds is 4. The van der Waals surface area contributed by atoms with Crippen LogP contribution in [0.2, 0.25) is 0 Å². The van der Waals surface area contributed by atoms with E-state index < -0.39 is 0 Å². The molecule has 1 unspecified atom stereocenters. The van der Waals surface area contributed by atoms with Gasteiger partial charge in [0.1, 0.15) is 30.8 Å². The number of imidazole rings is 1. The summed E-state index contributed by atoms with van der Waals surface area (Å²) in [5.41, 5.74) is 0. The number of furan rings is 1. The number of hydrogen-bond acceptors (Lipinski definition) is 5. The summed E-state index contributed by atoms with van der Waals surface area (Å²) in [6.07, 6.45) is 8.59. The normalized spacial score (nSPS) is 17.3. The maximum Gasteiger partial charge on any atom is 0.290 e. The van der Waals surface area contributed by atoms with Gasteiger partial charge in [-0.2, -0.15) is 5.10 Å². The predicted octanol–water partition coefficient (Wildman–Crippen LogP) is 2.11. The summed E-state index contributed by atoms with van der Waals surface area (Å²) in [6, 6.07) is 3.52. The Labute approximate surface area is 145 Å². The molecule has 0 fully saturated rings. The number of aromatic nitrogens is 5. The molecule has 0 bridgehead atoms. The van der Waals surface area contributed by atoms with E-state index in [-0.39, 0.29) is 11.9 Å². The molecule has 0 aliphatic carbocycles. The van der Waals surface area contributed by atoms with Crippen LogP contribution in [0, 0.1) is 0 Å². The molecule has 1 aliphatic heterocycles. The van der Waals surface area contributed by atoms with E-state index in [2.05, 4.69) is 26.6 Å². The molecular weight excluding hydrogens is 320 g/mol. The van der Waals surface area contributed by atoms with Gasteiger partial charge in [0.05, 0.1) is 6.04 Å². The standard InChI is InChI=1S/C17H20N6O2/c1-2-14-16-19-6-9-21(16)7-3-8-23(14)17(24)15-5-4-13(25-15)10-22-12-18-11-20-22/h4-6,9,11-12,14H,2-3,7-8,10H2,1H3. The maximum atomic E-state index is 13.0. The Kier molecular flexibility index (Phi) is 4.09. The summed E-state index contributed by atoms with van der Waals surface area (Å²) < 4.78 is 9.56. The lowest BCUT2D eigenvalue weighted by atomic mass is 10.1. The van der Waals surface area contributed by atoms with E-state index in [1.54, 1.807) is 23.3 Å². The highest BCUT2D eigenvalue weighted by Gasteiger charge is 2.31. The summed E-state index contributed by atoms with van der Waals surface area (Å²) in [4.78, 5) is 23.3. The molecule has 25 heavy (non-hydrogen) atoms. The van der Waals surface area contributed by atoms with Gasteiger partial charge in [-0.1, -0.05) is 6.92 Å². The van der Waals surface area contributed by atoms with Crippen molar-refractivity contribution in [3.05, 3.63) is 54.5 Å². The average Bonchev–Trinajstić information content (AvgIpc) is 3.36. The lowest BCUT2D eigenvalue weighted by molar-refractivity contribution is 0.0635. The van der Waals surface area contributed by atoms with Crippen LogP contribution in [0.5, 0.6) is 0 Å².